The van der Waals surface area contributed by atoms with Crippen LogP contribution in [0.15, 0.2) is 35.4 Å². The van der Waals surface area contributed by atoms with Crippen molar-refractivity contribution in [3.8, 4) is 11.3 Å². The summed E-state index contributed by atoms with van der Waals surface area (Å²) in [5, 5.41) is 6.64. The van der Waals surface area contributed by atoms with Gasteiger partial charge in [0.05, 0.1) is 15.5 Å². The zero-order chi connectivity index (χ0) is 20.7. The predicted molar refractivity (Wildman–Crippen MR) is 123 cm³/mol. The number of benzene rings is 1. The highest BCUT2D eigenvalue weighted by Crippen LogP contribution is 2.44. The Hall–Kier alpha value is -2.42. The molecule has 3 aromatic rings. The maximum absolute atomic E-state index is 13.0. The molecular weight excluding hydrogens is 414 g/mol. The zero-order valence-electron chi connectivity index (χ0n) is 17.0. The van der Waals surface area contributed by atoms with Crippen LogP contribution in [-0.4, -0.2) is 47.0 Å². The summed E-state index contributed by atoms with van der Waals surface area (Å²) >= 11 is 3.34. The number of fused-ring (bicyclic) bond motifs is 3. The molecule has 154 valence electrons. The second kappa shape index (κ2) is 8.02. The largest absolute Gasteiger partial charge is 0.335 e. The lowest BCUT2D eigenvalue weighted by atomic mass is 10.1. The minimum absolute atomic E-state index is 0.130. The van der Waals surface area contributed by atoms with Gasteiger partial charge in [0.2, 0.25) is 5.95 Å². The quantitative estimate of drug-likeness (QED) is 0.639. The molecule has 8 heteroatoms. The van der Waals surface area contributed by atoms with Gasteiger partial charge in [-0.15, -0.1) is 23.1 Å². The second-order valence-electron chi connectivity index (χ2n) is 7.69. The van der Waals surface area contributed by atoms with Crippen molar-refractivity contribution < 1.29 is 4.79 Å². The number of hydrogen-bond acceptors (Lipinski definition) is 7. The van der Waals surface area contributed by atoms with Crippen molar-refractivity contribution in [2.75, 3.05) is 31.5 Å². The van der Waals surface area contributed by atoms with Crippen LogP contribution in [0.5, 0.6) is 0 Å². The van der Waals surface area contributed by atoms with Crippen LogP contribution in [0.4, 0.5) is 11.6 Å². The minimum atomic E-state index is 0.130. The fourth-order valence-electron chi connectivity index (χ4n) is 3.91. The van der Waals surface area contributed by atoms with E-state index in [0.29, 0.717) is 5.95 Å². The van der Waals surface area contributed by atoms with Crippen LogP contribution in [0, 0.1) is 13.8 Å². The molecule has 2 aliphatic heterocycles. The summed E-state index contributed by atoms with van der Waals surface area (Å²) in [5.74, 6) is 1.56. The van der Waals surface area contributed by atoms with Crippen LogP contribution in [0.3, 0.4) is 0 Å². The number of aromatic nitrogens is 2. The number of anilines is 2. The van der Waals surface area contributed by atoms with Gasteiger partial charge in [-0.3, -0.25) is 4.79 Å². The highest BCUT2D eigenvalue weighted by atomic mass is 32.2. The average molecular weight is 438 g/mol. The molecule has 0 unspecified atom stereocenters. The fraction of sp³-hybridized carbons (Fsp3) is 0.318. The van der Waals surface area contributed by atoms with Crippen molar-refractivity contribution in [2.45, 2.75) is 24.5 Å². The third kappa shape index (κ3) is 3.82. The smallest absolute Gasteiger partial charge is 0.264 e. The highest BCUT2D eigenvalue weighted by Gasteiger charge is 2.26. The van der Waals surface area contributed by atoms with Gasteiger partial charge in [0.1, 0.15) is 0 Å². The molecule has 0 saturated carbocycles. The van der Waals surface area contributed by atoms with Crippen LogP contribution < -0.4 is 10.6 Å². The maximum atomic E-state index is 13.0. The average Bonchev–Trinajstić information content (AvgIpc) is 3.18. The molecule has 0 bridgehead atoms. The van der Waals surface area contributed by atoms with Crippen LogP contribution in [0.2, 0.25) is 0 Å². The van der Waals surface area contributed by atoms with E-state index in [4.69, 9.17) is 4.98 Å². The Morgan fingerprint density at radius 1 is 1.13 bits per heavy atom. The molecule has 1 saturated heterocycles. The van der Waals surface area contributed by atoms with E-state index < -0.39 is 0 Å². The van der Waals surface area contributed by atoms with E-state index in [1.807, 2.05) is 17.2 Å². The van der Waals surface area contributed by atoms with Gasteiger partial charge in [0, 0.05) is 54.3 Å². The summed E-state index contributed by atoms with van der Waals surface area (Å²) < 4.78 is 0. The number of amides is 1. The molecular formula is C22H23N5OS2. The van der Waals surface area contributed by atoms with Crippen molar-refractivity contribution in [1.82, 2.24) is 20.2 Å². The number of piperazine rings is 1. The van der Waals surface area contributed by atoms with E-state index in [-0.39, 0.29) is 5.91 Å². The lowest BCUT2D eigenvalue weighted by Gasteiger charge is -2.26. The van der Waals surface area contributed by atoms with Crippen LogP contribution >= 0.6 is 23.1 Å². The Morgan fingerprint density at radius 2 is 1.90 bits per heavy atom. The number of carbonyl (C=O) groups excluding carboxylic acids is 1. The molecule has 2 aromatic heterocycles. The summed E-state index contributed by atoms with van der Waals surface area (Å²) in [6.07, 6.45) is 1.89. The van der Waals surface area contributed by atoms with Crippen LogP contribution in [0.1, 0.15) is 25.7 Å². The topological polar surface area (TPSA) is 70.2 Å². The Bertz CT molecular complexity index is 1100. The molecule has 0 atom stereocenters. The van der Waals surface area contributed by atoms with E-state index in [0.717, 1.165) is 58.6 Å². The number of thioether (sulfide) groups is 1. The summed E-state index contributed by atoms with van der Waals surface area (Å²) in [4.78, 5) is 27.3. The first-order valence-electron chi connectivity index (χ1n) is 10.0. The Labute approximate surface area is 184 Å². The summed E-state index contributed by atoms with van der Waals surface area (Å²) in [7, 11) is 0. The zero-order valence-corrected chi connectivity index (χ0v) is 18.6. The maximum Gasteiger partial charge on any atom is 0.264 e. The predicted octanol–water partition coefficient (Wildman–Crippen LogP) is 4.22. The Kier molecular flexibility index (Phi) is 5.22. The van der Waals surface area contributed by atoms with Crippen molar-refractivity contribution in [2.24, 2.45) is 0 Å². The number of thiophene rings is 1. The van der Waals surface area contributed by atoms with Crippen LogP contribution in [0.25, 0.3) is 11.3 Å². The molecule has 5 rings (SSSR count). The number of aryl methyl sites for hydroxylation is 2. The van der Waals surface area contributed by atoms with Gasteiger partial charge in [-0.2, -0.15) is 0 Å². The molecule has 2 aliphatic rings. The lowest BCUT2D eigenvalue weighted by molar-refractivity contribution is 0.0740. The number of nitrogens with zero attached hydrogens (tertiary/aromatic N) is 3. The molecule has 0 aliphatic carbocycles. The Morgan fingerprint density at radius 3 is 2.67 bits per heavy atom. The first-order valence-corrected chi connectivity index (χ1v) is 11.9. The van der Waals surface area contributed by atoms with Gasteiger partial charge in [0.15, 0.2) is 0 Å². The standard InChI is InChI=1S/C22H23N5OS2/c1-13-7-14(2)9-15(8-13)25-22-24-11-18-20(26-22)16-10-17(30-19(16)12-29-18)21(28)27-5-3-23-4-6-27/h7-11,23H,3-6,12H2,1-2H3,(H,24,25,26). The summed E-state index contributed by atoms with van der Waals surface area (Å²) in [6.45, 7) is 7.40. The van der Waals surface area contributed by atoms with Crippen molar-refractivity contribution >= 4 is 40.6 Å². The van der Waals surface area contributed by atoms with Crippen molar-refractivity contribution in [3.63, 3.8) is 0 Å². The molecule has 30 heavy (non-hydrogen) atoms. The van der Waals surface area contributed by atoms with Crippen molar-refractivity contribution in [3.05, 3.63) is 51.3 Å². The van der Waals surface area contributed by atoms with Gasteiger partial charge in [-0.1, -0.05) is 6.07 Å². The van der Waals surface area contributed by atoms with Crippen molar-refractivity contribution in [1.29, 1.82) is 0 Å². The monoisotopic (exact) mass is 437 g/mol. The molecule has 1 amide bonds. The molecule has 1 aromatic carbocycles. The van der Waals surface area contributed by atoms with Crippen LogP contribution in [-0.2, 0) is 5.75 Å². The molecule has 0 spiro atoms. The van der Waals surface area contributed by atoms with E-state index >= 15 is 0 Å². The third-order valence-corrected chi connectivity index (χ3v) is 7.62. The molecule has 4 heterocycles. The molecule has 0 radical (unpaired) electrons. The number of nitrogens with one attached hydrogen (secondary N) is 2. The third-order valence-electron chi connectivity index (χ3n) is 5.27. The molecule has 1 fully saturated rings. The lowest BCUT2D eigenvalue weighted by Crippen LogP contribution is -2.46. The minimum Gasteiger partial charge on any atom is -0.335 e. The first kappa shape index (κ1) is 19.5. The van der Waals surface area contributed by atoms with E-state index in [9.17, 15) is 4.79 Å². The van der Waals surface area contributed by atoms with E-state index in [1.54, 1.807) is 23.1 Å². The van der Waals surface area contributed by atoms with Gasteiger partial charge in [0.25, 0.3) is 5.91 Å². The molecule has 6 nitrogen and oxygen atoms in total. The highest BCUT2D eigenvalue weighted by molar-refractivity contribution is 7.98. The SMILES string of the molecule is Cc1cc(C)cc(Nc2ncc3c(n2)-c2cc(C(=O)N4CCNCC4)sc2CS3)c1. The first-order chi connectivity index (χ1) is 14.6. The van der Waals surface area contributed by atoms with Gasteiger partial charge < -0.3 is 15.5 Å². The number of carbonyl (C=O) groups is 1. The van der Waals surface area contributed by atoms with E-state index in [1.165, 1.54) is 16.0 Å². The number of hydrogen-bond donors (Lipinski definition) is 2. The summed E-state index contributed by atoms with van der Waals surface area (Å²) in [6, 6.07) is 8.34. The number of rotatable bonds is 3. The normalized spacial score (nSPS) is 15.5. The Balaban J connectivity index is 1.45. The summed E-state index contributed by atoms with van der Waals surface area (Å²) in [5.41, 5.74) is 5.36. The van der Waals surface area contributed by atoms with Gasteiger partial charge in [-0.25, -0.2) is 9.97 Å². The molecule has 2 N–H and O–H groups in total. The van der Waals surface area contributed by atoms with Gasteiger partial charge in [-0.05, 0) is 43.2 Å². The second-order valence-corrected chi connectivity index (χ2v) is 9.84. The fourth-order valence-corrected chi connectivity index (χ4v) is 6.11. The van der Waals surface area contributed by atoms with Gasteiger partial charge >= 0.3 is 0 Å². The van der Waals surface area contributed by atoms with E-state index in [2.05, 4.69) is 47.7 Å².